The molecule has 0 aromatic carbocycles. The molecule has 1 heterocycles. The van der Waals surface area contributed by atoms with E-state index in [1.54, 1.807) is 29.6 Å². The van der Waals surface area contributed by atoms with E-state index in [0.717, 1.165) is 5.56 Å². The molecule has 1 unspecified atom stereocenters. The largest absolute Gasteiger partial charge is 0.389 e. The average molecular weight is 210 g/mol. The standard InChI is InChI=1S/C11H18N2O2/c1-4-12(3)11(15)8-13-6-5-10(7-13)9(2)14/h5-7,9,14H,4,8H2,1-3H3. The van der Waals surface area contributed by atoms with Crippen LogP contribution in [-0.2, 0) is 11.3 Å². The van der Waals surface area contributed by atoms with Crippen LogP contribution in [0.25, 0.3) is 0 Å². The highest BCUT2D eigenvalue weighted by Crippen LogP contribution is 2.11. The molecule has 0 aliphatic heterocycles. The van der Waals surface area contributed by atoms with Crippen molar-refractivity contribution in [1.82, 2.24) is 9.47 Å². The van der Waals surface area contributed by atoms with Gasteiger partial charge in [0, 0.05) is 26.0 Å². The molecule has 1 N–H and O–H groups in total. The Hall–Kier alpha value is -1.29. The van der Waals surface area contributed by atoms with Gasteiger partial charge in [0.15, 0.2) is 0 Å². The molecule has 1 rings (SSSR count). The molecule has 0 aliphatic carbocycles. The Kier molecular flexibility index (Phi) is 3.91. The molecule has 84 valence electrons. The van der Waals surface area contributed by atoms with E-state index >= 15 is 0 Å². The van der Waals surface area contributed by atoms with Gasteiger partial charge in [-0.25, -0.2) is 0 Å². The van der Waals surface area contributed by atoms with Crippen molar-refractivity contribution < 1.29 is 9.90 Å². The Morgan fingerprint density at radius 2 is 2.33 bits per heavy atom. The van der Waals surface area contributed by atoms with Gasteiger partial charge in [-0.3, -0.25) is 4.79 Å². The highest BCUT2D eigenvalue weighted by molar-refractivity contribution is 5.75. The summed E-state index contributed by atoms with van der Waals surface area (Å²) in [6.45, 7) is 4.69. The van der Waals surface area contributed by atoms with Gasteiger partial charge in [-0.05, 0) is 25.5 Å². The van der Waals surface area contributed by atoms with E-state index in [2.05, 4.69) is 0 Å². The van der Waals surface area contributed by atoms with Crippen molar-refractivity contribution in [2.24, 2.45) is 0 Å². The number of nitrogens with zero attached hydrogens (tertiary/aromatic N) is 2. The van der Waals surface area contributed by atoms with Crippen LogP contribution in [0, 0.1) is 0 Å². The van der Waals surface area contributed by atoms with Gasteiger partial charge in [0.2, 0.25) is 5.91 Å². The SMILES string of the molecule is CCN(C)C(=O)Cn1ccc(C(C)O)c1. The summed E-state index contributed by atoms with van der Waals surface area (Å²) in [5.41, 5.74) is 0.835. The zero-order valence-electron chi connectivity index (χ0n) is 9.47. The third kappa shape index (κ3) is 3.09. The van der Waals surface area contributed by atoms with Crippen LogP contribution in [0.2, 0.25) is 0 Å². The first-order chi connectivity index (χ1) is 7.04. The molecule has 0 fully saturated rings. The van der Waals surface area contributed by atoms with Crippen LogP contribution in [0.5, 0.6) is 0 Å². The van der Waals surface area contributed by atoms with Crippen molar-refractivity contribution in [3.8, 4) is 0 Å². The van der Waals surface area contributed by atoms with Gasteiger partial charge in [0.1, 0.15) is 6.54 Å². The zero-order chi connectivity index (χ0) is 11.4. The van der Waals surface area contributed by atoms with Crippen LogP contribution in [0.15, 0.2) is 18.5 Å². The van der Waals surface area contributed by atoms with Crippen molar-refractivity contribution in [2.45, 2.75) is 26.5 Å². The fourth-order valence-corrected chi connectivity index (χ4v) is 1.26. The molecule has 0 saturated heterocycles. The maximum atomic E-state index is 11.6. The molecular weight excluding hydrogens is 192 g/mol. The van der Waals surface area contributed by atoms with Crippen LogP contribution in [0.3, 0.4) is 0 Å². The normalized spacial score (nSPS) is 12.5. The van der Waals surface area contributed by atoms with Gasteiger partial charge in [-0.15, -0.1) is 0 Å². The first-order valence-corrected chi connectivity index (χ1v) is 5.12. The van der Waals surface area contributed by atoms with E-state index in [0.29, 0.717) is 13.1 Å². The molecule has 1 amide bonds. The van der Waals surface area contributed by atoms with Crippen LogP contribution in [0.4, 0.5) is 0 Å². The van der Waals surface area contributed by atoms with Gasteiger partial charge in [-0.2, -0.15) is 0 Å². The average Bonchev–Trinajstić information content (AvgIpc) is 2.65. The minimum atomic E-state index is -0.481. The van der Waals surface area contributed by atoms with Gasteiger partial charge in [0.25, 0.3) is 0 Å². The summed E-state index contributed by atoms with van der Waals surface area (Å²) in [6, 6.07) is 1.82. The smallest absolute Gasteiger partial charge is 0.242 e. The minimum Gasteiger partial charge on any atom is -0.389 e. The zero-order valence-corrected chi connectivity index (χ0v) is 9.47. The topological polar surface area (TPSA) is 45.5 Å². The monoisotopic (exact) mass is 210 g/mol. The van der Waals surface area contributed by atoms with E-state index in [1.807, 2.05) is 19.2 Å². The number of hydrogen-bond acceptors (Lipinski definition) is 2. The molecule has 0 radical (unpaired) electrons. The summed E-state index contributed by atoms with van der Waals surface area (Å²) in [5.74, 6) is 0.0743. The highest BCUT2D eigenvalue weighted by Gasteiger charge is 2.08. The number of aromatic nitrogens is 1. The fraction of sp³-hybridized carbons (Fsp3) is 0.545. The summed E-state index contributed by atoms with van der Waals surface area (Å²) >= 11 is 0. The van der Waals surface area contributed by atoms with E-state index in [4.69, 9.17) is 0 Å². The number of hydrogen-bond donors (Lipinski definition) is 1. The molecule has 15 heavy (non-hydrogen) atoms. The maximum absolute atomic E-state index is 11.6. The molecule has 4 nitrogen and oxygen atoms in total. The quantitative estimate of drug-likeness (QED) is 0.806. The first-order valence-electron chi connectivity index (χ1n) is 5.12. The van der Waals surface area contributed by atoms with E-state index in [9.17, 15) is 9.90 Å². The second-order valence-electron chi connectivity index (χ2n) is 3.70. The van der Waals surface area contributed by atoms with E-state index in [1.165, 1.54) is 0 Å². The van der Waals surface area contributed by atoms with Crippen LogP contribution >= 0.6 is 0 Å². The van der Waals surface area contributed by atoms with Crippen LogP contribution in [-0.4, -0.2) is 34.1 Å². The summed E-state index contributed by atoms with van der Waals surface area (Å²) < 4.78 is 1.79. The molecule has 4 heteroatoms. The van der Waals surface area contributed by atoms with Crippen molar-refractivity contribution >= 4 is 5.91 Å². The first kappa shape index (κ1) is 11.8. The van der Waals surface area contributed by atoms with Gasteiger partial charge in [-0.1, -0.05) is 0 Å². The van der Waals surface area contributed by atoms with Crippen molar-refractivity contribution in [2.75, 3.05) is 13.6 Å². The third-order valence-electron chi connectivity index (χ3n) is 2.47. The number of carbonyl (C=O) groups is 1. The Morgan fingerprint density at radius 3 is 2.80 bits per heavy atom. The number of likely N-dealkylation sites (N-methyl/N-ethyl adjacent to an activating group) is 1. The Balaban J connectivity index is 2.61. The fourth-order valence-electron chi connectivity index (χ4n) is 1.26. The second kappa shape index (κ2) is 4.98. The van der Waals surface area contributed by atoms with Crippen molar-refractivity contribution in [3.63, 3.8) is 0 Å². The number of rotatable bonds is 4. The molecule has 0 saturated carbocycles. The van der Waals surface area contributed by atoms with Crippen LogP contribution in [0.1, 0.15) is 25.5 Å². The highest BCUT2D eigenvalue weighted by atomic mass is 16.3. The lowest BCUT2D eigenvalue weighted by atomic mass is 10.2. The second-order valence-corrected chi connectivity index (χ2v) is 3.70. The van der Waals surface area contributed by atoms with Gasteiger partial charge >= 0.3 is 0 Å². The summed E-state index contributed by atoms with van der Waals surface area (Å²) in [7, 11) is 1.78. The molecule has 0 bridgehead atoms. The number of aliphatic hydroxyl groups excluding tert-OH is 1. The molecular formula is C11H18N2O2. The number of amides is 1. The van der Waals surface area contributed by atoms with E-state index in [-0.39, 0.29) is 5.91 Å². The summed E-state index contributed by atoms with van der Waals surface area (Å²) in [4.78, 5) is 13.2. The lowest BCUT2D eigenvalue weighted by Crippen LogP contribution is -2.29. The van der Waals surface area contributed by atoms with Crippen LogP contribution < -0.4 is 0 Å². The minimum absolute atomic E-state index is 0.0743. The maximum Gasteiger partial charge on any atom is 0.242 e. The molecule has 1 atom stereocenters. The van der Waals surface area contributed by atoms with Crippen molar-refractivity contribution in [1.29, 1.82) is 0 Å². The Morgan fingerprint density at radius 1 is 1.67 bits per heavy atom. The predicted molar refractivity (Wildman–Crippen MR) is 58.4 cm³/mol. The predicted octanol–water partition coefficient (Wildman–Crippen LogP) is 1.02. The Labute approximate surface area is 90.1 Å². The molecule has 1 aromatic rings. The Bertz CT molecular complexity index is 331. The van der Waals surface area contributed by atoms with Crippen molar-refractivity contribution in [3.05, 3.63) is 24.0 Å². The lowest BCUT2D eigenvalue weighted by Gasteiger charge is -2.14. The number of aliphatic hydroxyl groups is 1. The molecule has 1 aromatic heterocycles. The number of carbonyl (C=O) groups excluding carboxylic acids is 1. The summed E-state index contributed by atoms with van der Waals surface area (Å²) in [6.07, 6.45) is 3.13. The van der Waals surface area contributed by atoms with Gasteiger partial charge < -0.3 is 14.6 Å². The van der Waals surface area contributed by atoms with Gasteiger partial charge in [0.05, 0.1) is 6.10 Å². The third-order valence-corrected chi connectivity index (χ3v) is 2.47. The van der Waals surface area contributed by atoms with E-state index < -0.39 is 6.10 Å². The molecule has 0 spiro atoms. The molecule has 0 aliphatic rings. The summed E-state index contributed by atoms with van der Waals surface area (Å²) in [5, 5.41) is 9.32. The lowest BCUT2D eigenvalue weighted by molar-refractivity contribution is -0.130.